The Bertz CT molecular complexity index is 1270. The number of aromatic amines is 1. The monoisotopic (exact) mass is 419 g/mol. The number of aromatic hydroxyl groups is 1. The molecule has 0 aliphatic rings. The summed E-state index contributed by atoms with van der Waals surface area (Å²) >= 11 is 5.91. The standard InChI is InChI=1S/C23H18ClN3O3/c24-17-4-1-14(2-5-17)11-19-21(28)18-12-16(3-6-20(18)27-23(19)30)22(29)26-13-15-7-9-25-10-8-15/h1-10,12H,11,13H2,(H,26,29)(H2,27,28,30). The predicted molar refractivity (Wildman–Crippen MR) is 116 cm³/mol. The quantitative estimate of drug-likeness (QED) is 0.458. The SMILES string of the molecule is O=C(NCc1ccncc1)c1ccc2[nH]c(=O)c(Cc3ccc(Cl)cc3)c(O)c2c1. The van der Waals surface area contributed by atoms with E-state index in [1.54, 1.807) is 54.9 Å². The molecule has 2 aromatic heterocycles. The van der Waals surface area contributed by atoms with Gasteiger partial charge in [-0.05, 0) is 53.6 Å². The van der Waals surface area contributed by atoms with Crippen LogP contribution >= 0.6 is 11.6 Å². The molecular formula is C23H18ClN3O3. The number of carbonyl (C=O) groups is 1. The van der Waals surface area contributed by atoms with Crippen LogP contribution in [0.4, 0.5) is 0 Å². The Morgan fingerprint density at radius 1 is 1.03 bits per heavy atom. The van der Waals surface area contributed by atoms with Crippen molar-refractivity contribution in [3.05, 3.63) is 105 Å². The smallest absolute Gasteiger partial charge is 0.255 e. The van der Waals surface area contributed by atoms with Gasteiger partial charge >= 0.3 is 0 Å². The lowest BCUT2D eigenvalue weighted by Gasteiger charge is -2.10. The van der Waals surface area contributed by atoms with Gasteiger partial charge in [-0.1, -0.05) is 23.7 Å². The number of fused-ring (bicyclic) bond motifs is 1. The average Bonchev–Trinajstić information content (AvgIpc) is 2.77. The molecule has 4 aromatic rings. The third-order valence-electron chi connectivity index (χ3n) is 4.84. The zero-order chi connectivity index (χ0) is 21.1. The third kappa shape index (κ3) is 4.18. The molecule has 6 nitrogen and oxygen atoms in total. The lowest BCUT2D eigenvalue weighted by molar-refractivity contribution is 0.0951. The summed E-state index contributed by atoms with van der Waals surface area (Å²) in [4.78, 5) is 31.8. The number of nitrogens with one attached hydrogen (secondary N) is 2. The van der Waals surface area contributed by atoms with Crippen LogP contribution in [0.25, 0.3) is 10.9 Å². The fraction of sp³-hybridized carbons (Fsp3) is 0.0870. The Hall–Kier alpha value is -3.64. The molecule has 150 valence electrons. The fourth-order valence-electron chi connectivity index (χ4n) is 3.21. The number of aromatic nitrogens is 2. The Kier molecular flexibility index (Phi) is 5.50. The molecule has 0 fully saturated rings. The highest BCUT2D eigenvalue weighted by Gasteiger charge is 2.15. The first-order chi connectivity index (χ1) is 14.5. The lowest BCUT2D eigenvalue weighted by Crippen LogP contribution is -2.22. The van der Waals surface area contributed by atoms with Gasteiger partial charge in [0.25, 0.3) is 11.5 Å². The van der Waals surface area contributed by atoms with Gasteiger partial charge in [0, 0.05) is 41.3 Å². The highest BCUT2D eigenvalue weighted by atomic mass is 35.5. The van der Waals surface area contributed by atoms with Crippen LogP contribution in [-0.2, 0) is 13.0 Å². The van der Waals surface area contributed by atoms with Crippen molar-refractivity contribution in [2.75, 3.05) is 0 Å². The number of halogens is 1. The molecule has 3 N–H and O–H groups in total. The number of pyridine rings is 2. The molecule has 0 aliphatic carbocycles. The molecule has 1 amide bonds. The van der Waals surface area contributed by atoms with Crippen LogP contribution in [0.2, 0.25) is 5.02 Å². The van der Waals surface area contributed by atoms with E-state index in [9.17, 15) is 14.7 Å². The van der Waals surface area contributed by atoms with Crippen molar-refractivity contribution >= 4 is 28.4 Å². The molecule has 2 heterocycles. The molecule has 0 radical (unpaired) electrons. The minimum Gasteiger partial charge on any atom is -0.507 e. The minimum absolute atomic E-state index is 0.132. The Labute approximate surface area is 177 Å². The molecule has 0 spiro atoms. The van der Waals surface area contributed by atoms with Crippen LogP contribution in [0.15, 0.2) is 71.8 Å². The van der Waals surface area contributed by atoms with Crippen molar-refractivity contribution in [3.8, 4) is 5.75 Å². The van der Waals surface area contributed by atoms with Crippen LogP contribution in [0.3, 0.4) is 0 Å². The molecule has 0 bridgehead atoms. The number of hydrogen-bond acceptors (Lipinski definition) is 4. The van der Waals surface area contributed by atoms with Gasteiger partial charge in [0.1, 0.15) is 5.75 Å². The van der Waals surface area contributed by atoms with E-state index in [-0.39, 0.29) is 29.2 Å². The van der Waals surface area contributed by atoms with E-state index in [2.05, 4.69) is 15.3 Å². The zero-order valence-electron chi connectivity index (χ0n) is 15.9. The number of H-pyrrole nitrogens is 1. The predicted octanol–water partition coefficient (Wildman–Crippen LogP) is 3.80. The number of carbonyl (C=O) groups excluding carboxylic acids is 1. The number of nitrogens with zero attached hydrogens (tertiary/aromatic N) is 1. The van der Waals surface area contributed by atoms with Gasteiger partial charge in [-0.2, -0.15) is 0 Å². The van der Waals surface area contributed by atoms with Gasteiger partial charge in [0.05, 0.1) is 11.1 Å². The molecule has 0 unspecified atom stereocenters. The number of hydrogen-bond donors (Lipinski definition) is 3. The number of benzene rings is 2. The van der Waals surface area contributed by atoms with E-state index in [1.165, 1.54) is 0 Å². The van der Waals surface area contributed by atoms with Crippen molar-refractivity contribution in [3.63, 3.8) is 0 Å². The van der Waals surface area contributed by atoms with Crippen molar-refractivity contribution in [1.82, 2.24) is 15.3 Å². The maximum absolute atomic E-state index is 12.6. The van der Waals surface area contributed by atoms with E-state index >= 15 is 0 Å². The van der Waals surface area contributed by atoms with E-state index in [1.807, 2.05) is 12.1 Å². The summed E-state index contributed by atoms with van der Waals surface area (Å²) in [6.07, 6.45) is 3.56. The van der Waals surface area contributed by atoms with Gasteiger partial charge in [0.15, 0.2) is 0 Å². The Balaban J connectivity index is 1.63. The van der Waals surface area contributed by atoms with Crippen molar-refractivity contribution in [2.24, 2.45) is 0 Å². The Morgan fingerprint density at radius 2 is 1.77 bits per heavy atom. The summed E-state index contributed by atoms with van der Waals surface area (Å²) < 4.78 is 0. The first-order valence-corrected chi connectivity index (χ1v) is 9.68. The van der Waals surface area contributed by atoms with Crippen LogP contribution in [0, 0.1) is 0 Å². The van der Waals surface area contributed by atoms with Crippen LogP contribution in [0.1, 0.15) is 27.0 Å². The second kappa shape index (κ2) is 8.39. The van der Waals surface area contributed by atoms with Gasteiger partial charge in [-0.15, -0.1) is 0 Å². The summed E-state index contributed by atoms with van der Waals surface area (Å²) in [7, 11) is 0. The number of rotatable bonds is 5. The van der Waals surface area contributed by atoms with E-state index < -0.39 is 0 Å². The first kappa shape index (κ1) is 19.7. The van der Waals surface area contributed by atoms with Crippen molar-refractivity contribution in [2.45, 2.75) is 13.0 Å². The van der Waals surface area contributed by atoms with Crippen LogP contribution < -0.4 is 10.9 Å². The van der Waals surface area contributed by atoms with E-state index in [4.69, 9.17) is 11.6 Å². The highest BCUT2D eigenvalue weighted by molar-refractivity contribution is 6.30. The summed E-state index contributed by atoms with van der Waals surface area (Å²) in [5, 5.41) is 14.6. The molecule has 7 heteroatoms. The summed E-state index contributed by atoms with van der Waals surface area (Å²) in [5.41, 5.74) is 2.48. The summed E-state index contributed by atoms with van der Waals surface area (Å²) in [5.74, 6) is -0.411. The van der Waals surface area contributed by atoms with Gasteiger partial charge in [-0.25, -0.2) is 0 Å². The molecule has 30 heavy (non-hydrogen) atoms. The maximum atomic E-state index is 12.6. The van der Waals surface area contributed by atoms with E-state index in [0.29, 0.717) is 28.0 Å². The highest BCUT2D eigenvalue weighted by Crippen LogP contribution is 2.27. The zero-order valence-corrected chi connectivity index (χ0v) is 16.6. The third-order valence-corrected chi connectivity index (χ3v) is 5.09. The summed E-state index contributed by atoms with van der Waals surface area (Å²) in [6.45, 7) is 0.360. The molecule has 0 atom stereocenters. The molecule has 0 saturated heterocycles. The largest absolute Gasteiger partial charge is 0.507 e. The van der Waals surface area contributed by atoms with Gasteiger partial charge < -0.3 is 15.4 Å². The van der Waals surface area contributed by atoms with E-state index in [0.717, 1.165) is 11.1 Å². The molecular weight excluding hydrogens is 402 g/mol. The van der Waals surface area contributed by atoms with Crippen LogP contribution in [0.5, 0.6) is 5.75 Å². The molecule has 0 saturated carbocycles. The van der Waals surface area contributed by atoms with Crippen LogP contribution in [-0.4, -0.2) is 21.0 Å². The normalized spacial score (nSPS) is 10.8. The second-order valence-electron chi connectivity index (χ2n) is 6.88. The minimum atomic E-state index is -0.371. The Morgan fingerprint density at radius 3 is 2.50 bits per heavy atom. The molecule has 4 rings (SSSR count). The molecule has 2 aromatic carbocycles. The van der Waals surface area contributed by atoms with Crippen molar-refractivity contribution in [1.29, 1.82) is 0 Å². The van der Waals surface area contributed by atoms with Crippen molar-refractivity contribution < 1.29 is 9.90 Å². The maximum Gasteiger partial charge on any atom is 0.255 e. The average molecular weight is 420 g/mol. The summed E-state index contributed by atoms with van der Waals surface area (Å²) in [6, 6.07) is 15.5. The topological polar surface area (TPSA) is 95.1 Å². The number of amides is 1. The fourth-order valence-corrected chi connectivity index (χ4v) is 3.34. The molecule has 0 aliphatic heterocycles. The van der Waals surface area contributed by atoms with Gasteiger partial charge in [0.2, 0.25) is 0 Å². The first-order valence-electron chi connectivity index (χ1n) is 9.30. The lowest BCUT2D eigenvalue weighted by atomic mass is 10.0. The van der Waals surface area contributed by atoms with Gasteiger partial charge in [-0.3, -0.25) is 14.6 Å². The second-order valence-corrected chi connectivity index (χ2v) is 7.32.